The highest BCUT2D eigenvalue weighted by Crippen LogP contribution is 2.17. The number of carbonyl (C=O) groups excluding carboxylic acids is 1. The summed E-state index contributed by atoms with van der Waals surface area (Å²) in [6.45, 7) is 7.06. The SMILES string of the molecule is O=C(c1ccccc1)N(CCN1CCN(CCc2cccs2)CC1)c1ccccc1. The third-order valence-electron chi connectivity index (χ3n) is 5.69. The van der Waals surface area contributed by atoms with Crippen molar-refractivity contribution in [2.45, 2.75) is 6.42 Å². The van der Waals surface area contributed by atoms with Crippen LogP contribution in [0.4, 0.5) is 5.69 Å². The van der Waals surface area contributed by atoms with Gasteiger partial charge in [-0.3, -0.25) is 9.69 Å². The molecule has 156 valence electrons. The minimum atomic E-state index is 0.0661. The van der Waals surface area contributed by atoms with Gasteiger partial charge in [0.25, 0.3) is 5.91 Å². The fourth-order valence-electron chi connectivity index (χ4n) is 3.89. The van der Waals surface area contributed by atoms with Crippen LogP contribution in [0, 0.1) is 0 Å². The summed E-state index contributed by atoms with van der Waals surface area (Å²) in [5.41, 5.74) is 1.70. The first-order valence-electron chi connectivity index (χ1n) is 10.7. The van der Waals surface area contributed by atoms with E-state index in [2.05, 4.69) is 27.3 Å². The van der Waals surface area contributed by atoms with Crippen molar-refractivity contribution in [2.24, 2.45) is 0 Å². The number of anilines is 1. The van der Waals surface area contributed by atoms with Crippen LogP contribution in [-0.4, -0.2) is 61.5 Å². The minimum Gasteiger partial charge on any atom is -0.307 e. The molecule has 1 aliphatic rings. The van der Waals surface area contributed by atoms with Gasteiger partial charge in [-0.25, -0.2) is 0 Å². The van der Waals surface area contributed by atoms with Gasteiger partial charge in [-0.1, -0.05) is 42.5 Å². The largest absolute Gasteiger partial charge is 0.307 e. The van der Waals surface area contributed by atoms with Crippen molar-refractivity contribution in [3.63, 3.8) is 0 Å². The highest BCUT2D eigenvalue weighted by atomic mass is 32.1. The number of amides is 1. The topological polar surface area (TPSA) is 26.8 Å². The Kier molecular flexibility index (Phi) is 7.29. The Morgan fingerprint density at radius 1 is 0.800 bits per heavy atom. The van der Waals surface area contributed by atoms with Crippen LogP contribution in [-0.2, 0) is 6.42 Å². The summed E-state index contributed by atoms with van der Waals surface area (Å²) in [7, 11) is 0. The van der Waals surface area contributed by atoms with Crippen LogP contribution >= 0.6 is 11.3 Å². The van der Waals surface area contributed by atoms with E-state index in [4.69, 9.17) is 0 Å². The third-order valence-corrected chi connectivity index (χ3v) is 6.63. The van der Waals surface area contributed by atoms with E-state index < -0.39 is 0 Å². The Morgan fingerprint density at radius 3 is 2.07 bits per heavy atom. The lowest BCUT2D eigenvalue weighted by atomic mass is 10.1. The predicted molar refractivity (Wildman–Crippen MR) is 125 cm³/mol. The number of hydrogen-bond donors (Lipinski definition) is 0. The fourth-order valence-corrected chi connectivity index (χ4v) is 4.59. The van der Waals surface area contributed by atoms with E-state index in [0.717, 1.165) is 56.9 Å². The second-order valence-corrected chi connectivity index (χ2v) is 8.70. The van der Waals surface area contributed by atoms with Crippen molar-refractivity contribution in [1.29, 1.82) is 0 Å². The maximum absolute atomic E-state index is 13.2. The second kappa shape index (κ2) is 10.5. The number of carbonyl (C=O) groups is 1. The van der Waals surface area contributed by atoms with Gasteiger partial charge in [0.05, 0.1) is 0 Å². The molecule has 1 amide bonds. The number of rotatable bonds is 8. The summed E-state index contributed by atoms with van der Waals surface area (Å²) in [5.74, 6) is 0.0661. The van der Waals surface area contributed by atoms with E-state index in [0.29, 0.717) is 6.54 Å². The first kappa shape index (κ1) is 20.8. The van der Waals surface area contributed by atoms with E-state index in [9.17, 15) is 4.79 Å². The molecule has 3 aromatic rings. The average molecular weight is 420 g/mol. The monoisotopic (exact) mass is 419 g/mol. The highest BCUT2D eigenvalue weighted by Gasteiger charge is 2.21. The van der Waals surface area contributed by atoms with E-state index in [1.54, 1.807) is 0 Å². The first-order chi connectivity index (χ1) is 14.8. The summed E-state index contributed by atoms with van der Waals surface area (Å²) >= 11 is 1.85. The number of para-hydroxylation sites is 1. The molecule has 0 N–H and O–H groups in total. The molecule has 2 heterocycles. The van der Waals surface area contributed by atoms with Crippen LogP contribution in [0.3, 0.4) is 0 Å². The molecule has 0 aliphatic carbocycles. The molecule has 1 fully saturated rings. The van der Waals surface area contributed by atoms with Crippen LogP contribution in [0.25, 0.3) is 0 Å². The molecule has 30 heavy (non-hydrogen) atoms. The van der Waals surface area contributed by atoms with Crippen molar-refractivity contribution in [2.75, 3.05) is 50.7 Å². The van der Waals surface area contributed by atoms with Crippen LogP contribution < -0.4 is 4.90 Å². The van der Waals surface area contributed by atoms with Crippen LogP contribution in [0.2, 0.25) is 0 Å². The van der Waals surface area contributed by atoms with Crippen molar-refractivity contribution >= 4 is 22.9 Å². The molecule has 0 unspecified atom stereocenters. The zero-order chi connectivity index (χ0) is 20.6. The first-order valence-corrected chi connectivity index (χ1v) is 11.6. The number of piperazine rings is 1. The lowest BCUT2D eigenvalue weighted by Crippen LogP contribution is -2.49. The fraction of sp³-hybridized carbons (Fsp3) is 0.320. The minimum absolute atomic E-state index is 0.0661. The van der Waals surface area contributed by atoms with E-state index >= 15 is 0 Å². The predicted octanol–water partition coefficient (Wildman–Crippen LogP) is 4.26. The summed E-state index contributed by atoms with van der Waals surface area (Å²) in [6.07, 6.45) is 1.14. The molecular weight excluding hydrogens is 390 g/mol. The number of nitrogens with zero attached hydrogens (tertiary/aromatic N) is 3. The van der Waals surface area contributed by atoms with Crippen LogP contribution in [0.15, 0.2) is 78.2 Å². The Bertz CT molecular complexity index is 891. The quantitative estimate of drug-likeness (QED) is 0.546. The molecule has 1 saturated heterocycles. The Morgan fingerprint density at radius 2 is 1.43 bits per heavy atom. The van der Waals surface area contributed by atoms with E-state index in [-0.39, 0.29) is 5.91 Å². The normalized spacial score (nSPS) is 15.2. The molecule has 1 aliphatic heterocycles. The summed E-state index contributed by atoms with van der Waals surface area (Å²) < 4.78 is 0. The number of thiophene rings is 1. The Labute approximate surface area is 183 Å². The summed E-state index contributed by atoms with van der Waals surface area (Å²) in [6, 6.07) is 23.9. The van der Waals surface area contributed by atoms with Crippen molar-refractivity contribution in [1.82, 2.24) is 9.80 Å². The average Bonchev–Trinajstić information content (AvgIpc) is 3.33. The molecule has 0 atom stereocenters. The van der Waals surface area contributed by atoms with Crippen molar-refractivity contribution in [3.05, 3.63) is 88.6 Å². The molecule has 1 aromatic heterocycles. The van der Waals surface area contributed by atoms with Crippen molar-refractivity contribution < 1.29 is 4.79 Å². The van der Waals surface area contributed by atoms with E-state index in [1.807, 2.05) is 76.9 Å². The molecule has 0 radical (unpaired) electrons. The second-order valence-electron chi connectivity index (χ2n) is 7.67. The van der Waals surface area contributed by atoms with Gasteiger partial charge >= 0.3 is 0 Å². The molecule has 4 nitrogen and oxygen atoms in total. The maximum atomic E-state index is 13.2. The smallest absolute Gasteiger partial charge is 0.258 e. The van der Waals surface area contributed by atoms with Gasteiger partial charge in [-0.2, -0.15) is 0 Å². The summed E-state index contributed by atoms with van der Waals surface area (Å²) in [4.78, 5) is 21.6. The van der Waals surface area contributed by atoms with Crippen LogP contribution in [0.5, 0.6) is 0 Å². The van der Waals surface area contributed by atoms with Gasteiger partial charge in [0.1, 0.15) is 0 Å². The highest BCUT2D eigenvalue weighted by molar-refractivity contribution is 7.09. The van der Waals surface area contributed by atoms with Crippen LogP contribution in [0.1, 0.15) is 15.2 Å². The van der Waals surface area contributed by atoms with Gasteiger partial charge < -0.3 is 9.80 Å². The Balaban J connectivity index is 1.31. The van der Waals surface area contributed by atoms with Crippen molar-refractivity contribution in [3.8, 4) is 0 Å². The molecule has 4 rings (SSSR count). The molecule has 0 saturated carbocycles. The van der Waals surface area contributed by atoms with E-state index in [1.165, 1.54) is 4.88 Å². The number of benzene rings is 2. The molecule has 2 aromatic carbocycles. The standard InChI is InChI=1S/C25H29N3OS/c29-25(22-8-3-1-4-9-22)28(23-10-5-2-6-11-23)20-19-27-17-15-26(16-18-27)14-13-24-12-7-21-30-24/h1-12,21H,13-20H2. The lowest BCUT2D eigenvalue weighted by molar-refractivity contribution is 0.0975. The lowest BCUT2D eigenvalue weighted by Gasteiger charge is -2.35. The van der Waals surface area contributed by atoms with Gasteiger partial charge in [0.15, 0.2) is 0 Å². The zero-order valence-electron chi connectivity index (χ0n) is 17.3. The zero-order valence-corrected chi connectivity index (χ0v) is 18.1. The molecular formula is C25H29N3OS. The third kappa shape index (κ3) is 5.57. The molecule has 0 bridgehead atoms. The number of hydrogen-bond acceptors (Lipinski definition) is 4. The maximum Gasteiger partial charge on any atom is 0.258 e. The van der Waals surface area contributed by atoms with Gasteiger partial charge in [0, 0.05) is 61.9 Å². The Hall–Kier alpha value is -2.47. The molecule has 0 spiro atoms. The van der Waals surface area contributed by atoms with Gasteiger partial charge in [-0.05, 0) is 42.1 Å². The van der Waals surface area contributed by atoms with Gasteiger partial charge in [-0.15, -0.1) is 11.3 Å². The molecule has 5 heteroatoms. The van der Waals surface area contributed by atoms with Gasteiger partial charge in [0.2, 0.25) is 0 Å². The summed E-state index contributed by atoms with van der Waals surface area (Å²) in [5, 5.41) is 2.16.